The van der Waals surface area contributed by atoms with Crippen molar-refractivity contribution in [1.82, 2.24) is 0 Å². The highest BCUT2D eigenvalue weighted by Crippen LogP contribution is 2.19. The molecule has 11 heavy (non-hydrogen) atoms. The Hall–Kier alpha value is 0.0218. The van der Waals surface area contributed by atoms with E-state index < -0.39 is 8.07 Å². The van der Waals surface area contributed by atoms with Crippen LogP contribution in [0.4, 0.5) is 0 Å². The maximum absolute atomic E-state index is 4.23. The van der Waals surface area contributed by atoms with Crippen LogP contribution in [0.25, 0.3) is 0 Å². The lowest BCUT2D eigenvalue weighted by Crippen LogP contribution is -2.33. The first-order chi connectivity index (χ1) is 4.93. The second kappa shape index (κ2) is 4.15. The second-order valence-electron chi connectivity index (χ2n) is 4.29. The minimum Gasteiger partial charge on any atom is -0.118 e. The van der Waals surface area contributed by atoms with E-state index in [9.17, 15) is 0 Å². The Morgan fingerprint density at radius 2 is 1.55 bits per heavy atom. The van der Waals surface area contributed by atoms with E-state index in [4.69, 9.17) is 0 Å². The van der Waals surface area contributed by atoms with E-state index in [2.05, 4.69) is 40.1 Å². The Kier molecular flexibility index (Phi) is 4.16. The van der Waals surface area contributed by atoms with Crippen LogP contribution >= 0.6 is 0 Å². The van der Waals surface area contributed by atoms with Crippen LogP contribution < -0.4 is 0 Å². The monoisotopic (exact) mass is 168 g/mol. The highest BCUT2D eigenvalue weighted by atomic mass is 28.3. The third-order valence-corrected chi connectivity index (χ3v) is 4.78. The van der Waals surface area contributed by atoms with Gasteiger partial charge < -0.3 is 0 Å². The van der Waals surface area contributed by atoms with Crippen LogP contribution in [0.1, 0.15) is 13.8 Å². The van der Waals surface area contributed by atoms with Crippen molar-refractivity contribution in [2.24, 2.45) is 0 Å². The lowest BCUT2D eigenvalue weighted by atomic mass is 9.46. The van der Waals surface area contributed by atoms with Gasteiger partial charge in [0.2, 0.25) is 0 Å². The van der Waals surface area contributed by atoms with Gasteiger partial charge in [-0.25, -0.2) is 0 Å². The van der Waals surface area contributed by atoms with E-state index in [1.54, 1.807) is 5.10 Å². The largest absolute Gasteiger partial charge is 0.164 e. The SMILES string of the molecule is C=C(B(CC)CC)[Si](C)(C)C. The molecule has 0 atom stereocenters. The Morgan fingerprint density at radius 1 is 1.18 bits per heavy atom. The molecule has 64 valence electrons. The maximum atomic E-state index is 4.23. The van der Waals surface area contributed by atoms with Gasteiger partial charge in [-0.2, -0.15) is 0 Å². The molecule has 0 aromatic heterocycles. The summed E-state index contributed by atoms with van der Waals surface area (Å²) in [6.45, 7) is 16.7. The van der Waals surface area contributed by atoms with Gasteiger partial charge in [0, 0.05) is 0 Å². The molecule has 0 saturated heterocycles. The topological polar surface area (TPSA) is 0 Å². The summed E-state index contributed by atoms with van der Waals surface area (Å²) in [6, 6.07) is 0. The lowest BCUT2D eigenvalue weighted by Gasteiger charge is -2.24. The van der Waals surface area contributed by atoms with Gasteiger partial charge in [0.05, 0.1) is 8.07 Å². The first-order valence-electron chi connectivity index (χ1n) is 4.62. The van der Waals surface area contributed by atoms with Crippen molar-refractivity contribution in [2.75, 3.05) is 0 Å². The van der Waals surface area contributed by atoms with Crippen molar-refractivity contribution in [1.29, 1.82) is 0 Å². The molecule has 0 heterocycles. The molecule has 0 radical (unpaired) electrons. The van der Waals surface area contributed by atoms with Crippen molar-refractivity contribution in [2.45, 2.75) is 46.1 Å². The molecule has 0 bridgehead atoms. The fourth-order valence-corrected chi connectivity index (χ4v) is 3.03. The highest BCUT2D eigenvalue weighted by molar-refractivity contribution is 6.98. The molecule has 0 N–H and O–H groups in total. The van der Waals surface area contributed by atoms with E-state index in [1.165, 1.54) is 12.6 Å². The van der Waals surface area contributed by atoms with Crippen LogP contribution in [0, 0.1) is 0 Å². The summed E-state index contributed by atoms with van der Waals surface area (Å²) in [5.74, 6) is 0. The minimum absolute atomic E-state index is 0.779. The summed E-state index contributed by atoms with van der Waals surface area (Å²) in [5, 5.41) is 1.54. The third-order valence-electron chi connectivity index (χ3n) is 2.44. The first kappa shape index (κ1) is 11.0. The predicted octanol–water partition coefficient (Wildman–Crippen LogP) is 3.49. The van der Waals surface area contributed by atoms with E-state index >= 15 is 0 Å². The van der Waals surface area contributed by atoms with E-state index in [0.717, 1.165) is 6.71 Å². The molecule has 0 saturated carbocycles. The molecule has 0 unspecified atom stereocenters. The zero-order chi connectivity index (χ0) is 9.07. The van der Waals surface area contributed by atoms with Crippen LogP contribution in [0.5, 0.6) is 0 Å². The molecule has 0 nitrogen and oxygen atoms in total. The Bertz CT molecular complexity index is 131. The van der Waals surface area contributed by atoms with Crippen molar-refractivity contribution in [3.05, 3.63) is 11.7 Å². The molecular formula is C9H21BSi. The van der Waals surface area contributed by atoms with Gasteiger partial charge in [0.25, 0.3) is 0 Å². The zero-order valence-corrected chi connectivity index (χ0v) is 9.70. The van der Waals surface area contributed by atoms with Crippen LogP contribution in [0.2, 0.25) is 32.3 Å². The van der Waals surface area contributed by atoms with Crippen LogP contribution in [0.3, 0.4) is 0 Å². The Morgan fingerprint density at radius 3 is 1.64 bits per heavy atom. The fourth-order valence-electron chi connectivity index (χ4n) is 1.39. The molecule has 0 aliphatic heterocycles. The molecule has 0 aliphatic carbocycles. The van der Waals surface area contributed by atoms with Gasteiger partial charge in [0.1, 0.15) is 0 Å². The molecule has 0 amide bonds. The van der Waals surface area contributed by atoms with Gasteiger partial charge in [-0.1, -0.05) is 46.1 Å². The number of rotatable bonds is 4. The summed E-state index contributed by atoms with van der Waals surface area (Å²) in [6.07, 6.45) is 2.53. The molecule has 0 spiro atoms. The van der Waals surface area contributed by atoms with Gasteiger partial charge in [-0.05, 0) is 0 Å². The molecule has 0 aliphatic rings. The molecular weight excluding hydrogens is 147 g/mol. The zero-order valence-electron chi connectivity index (χ0n) is 8.70. The van der Waals surface area contributed by atoms with Crippen molar-refractivity contribution < 1.29 is 0 Å². The standard InChI is InChI=1S/C9H21BSi/c1-7-10(8-2)9(3)11(4,5)6/h3,7-8H2,1-2,4-6H3. The Labute approximate surface area is 73.2 Å². The van der Waals surface area contributed by atoms with Crippen LogP contribution in [-0.4, -0.2) is 14.8 Å². The average molecular weight is 168 g/mol. The maximum Gasteiger partial charge on any atom is 0.164 e. The van der Waals surface area contributed by atoms with Gasteiger partial charge in [0.15, 0.2) is 6.71 Å². The van der Waals surface area contributed by atoms with Gasteiger partial charge in [-0.3, -0.25) is 0 Å². The molecule has 0 aromatic carbocycles. The summed E-state index contributed by atoms with van der Waals surface area (Å²) in [5.41, 5.74) is 0. The lowest BCUT2D eigenvalue weighted by molar-refractivity contribution is 1.32. The summed E-state index contributed by atoms with van der Waals surface area (Å²) >= 11 is 0. The predicted molar refractivity (Wildman–Crippen MR) is 59.2 cm³/mol. The minimum atomic E-state index is -1.06. The summed E-state index contributed by atoms with van der Waals surface area (Å²) < 4.78 is 0. The third kappa shape index (κ3) is 3.28. The quantitative estimate of drug-likeness (QED) is 0.563. The Balaban J connectivity index is 4.22. The summed E-state index contributed by atoms with van der Waals surface area (Å²) in [4.78, 5) is 0. The fraction of sp³-hybridized carbons (Fsp3) is 0.778. The highest BCUT2D eigenvalue weighted by Gasteiger charge is 2.24. The van der Waals surface area contributed by atoms with E-state index in [0.29, 0.717) is 0 Å². The van der Waals surface area contributed by atoms with Gasteiger partial charge in [-0.15, -0.1) is 11.7 Å². The van der Waals surface area contributed by atoms with Gasteiger partial charge >= 0.3 is 0 Å². The number of hydrogen-bond acceptors (Lipinski definition) is 0. The summed E-state index contributed by atoms with van der Waals surface area (Å²) in [7, 11) is -1.06. The van der Waals surface area contributed by atoms with Crippen molar-refractivity contribution in [3.8, 4) is 0 Å². The van der Waals surface area contributed by atoms with Crippen molar-refractivity contribution in [3.63, 3.8) is 0 Å². The van der Waals surface area contributed by atoms with Crippen LogP contribution in [0.15, 0.2) is 11.7 Å². The van der Waals surface area contributed by atoms with E-state index in [1.807, 2.05) is 0 Å². The molecule has 0 aromatic rings. The van der Waals surface area contributed by atoms with Crippen LogP contribution in [-0.2, 0) is 0 Å². The normalized spacial score (nSPS) is 11.4. The number of hydrogen-bond donors (Lipinski definition) is 0. The molecule has 2 heteroatoms. The molecule has 0 rings (SSSR count). The van der Waals surface area contributed by atoms with Crippen molar-refractivity contribution >= 4 is 14.8 Å². The average Bonchev–Trinajstić information content (AvgIpc) is 1.88. The molecule has 0 fully saturated rings. The smallest absolute Gasteiger partial charge is 0.118 e. The first-order valence-corrected chi connectivity index (χ1v) is 8.12. The second-order valence-corrected chi connectivity index (χ2v) is 9.43. The van der Waals surface area contributed by atoms with E-state index in [-0.39, 0.29) is 0 Å².